The van der Waals surface area contributed by atoms with Gasteiger partial charge in [0.1, 0.15) is 11.9 Å². The Kier molecular flexibility index (Phi) is 5.61. The number of pyridine rings is 1. The van der Waals surface area contributed by atoms with Crippen molar-refractivity contribution in [2.24, 2.45) is 0 Å². The van der Waals surface area contributed by atoms with Crippen LogP contribution in [0.4, 0.5) is 5.82 Å². The molecule has 0 saturated heterocycles. The molecule has 7 nitrogen and oxygen atoms in total. The summed E-state index contributed by atoms with van der Waals surface area (Å²) in [6.07, 6.45) is 3.34. The van der Waals surface area contributed by atoms with E-state index in [0.717, 1.165) is 16.9 Å². The lowest BCUT2D eigenvalue weighted by atomic mass is 10.2. The van der Waals surface area contributed by atoms with Gasteiger partial charge in [0, 0.05) is 11.9 Å². The third-order valence-corrected chi connectivity index (χ3v) is 4.42. The van der Waals surface area contributed by atoms with Crippen LogP contribution >= 0.6 is 0 Å². The van der Waals surface area contributed by atoms with Crippen LogP contribution in [0.25, 0.3) is 5.69 Å². The summed E-state index contributed by atoms with van der Waals surface area (Å²) >= 11 is 0. The fourth-order valence-electron chi connectivity index (χ4n) is 2.92. The van der Waals surface area contributed by atoms with Crippen molar-refractivity contribution in [3.63, 3.8) is 0 Å². The van der Waals surface area contributed by atoms with Gasteiger partial charge in [-0.05, 0) is 43.7 Å². The van der Waals surface area contributed by atoms with Gasteiger partial charge in [-0.15, -0.1) is 0 Å². The number of nitriles is 1. The zero-order chi connectivity index (χ0) is 20.1. The molecule has 0 radical (unpaired) electrons. The fourth-order valence-corrected chi connectivity index (χ4v) is 2.92. The Hall–Kier alpha value is -3.79. The number of nitrogens with zero attached hydrogens (tertiary/aromatic N) is 3. The number of amides is 1. The lowest BCUT2D eigenvalue weighted by Crippen LogP contribution is -2.22. The van der Waals surface area contributed by atoms with Crippen LogP contribution in [0.15, 0.2) is 48.8 Å². The van der Waals surface area contributed by atoms with Gasteiger partial charge in [-0.1, -0.05) is 12.1 Å². The summed E-state index contributed by atoms with van der Waals surface area (Å²) in [5, 5.41) is 12.4. The standard InChI is InChI=1S/C21H20N4O3/c1-14-15(2)25(16-7-6-10-23-12-16)21(17(14)11-22)24-20(26)13-28-19-9-5-4-8-18(19)27-3/h4-10,12H,13H2,1-3H3,(H,24,26). The van der Waals surface area contributed by atoms with Gasteiger partial charge in [0.2, 0.25) is 0 Å². The van der Waals surface area contributed by atoms with Crippen molar-refractivity contribution in [3.05, 3.63) is 65.6 Å². The molecule has 3 aromatic rings. The fraction of sp³-hybridized carbons (Fsp3) is 0.190. The lowest BCUT2D eigenvalue weighted by molar-refractivity contribution is -0.118. The maximum Gasteiger partial charge on any atom is 0.263 e. The van der Waals surface area contributed by atoms with E-state index in [1.165, 1.54) is 7.11 Å². The minimum atomic E-state index is -0.384. The smallest absolute Gasteiger partial charge is 0.263 e. The molecule has 3 rings (SSSR count). The molecule has 0 aliphatic carbocycles. The van der Waals surface area contributed by atoms with Gasteiger partial charge in [-0.3, -0.25) is 14.3 Å². The first-order valence-electron chi connectivity index (χ1n) is 8.65. The normalized spacial score (nSPS) is 10.2. The average molecular weight is 376 g/mol. The first kappa shape index (κ1) is 19.0. The molecule has 0 aliphatic rings. The predicted octanol–water partition coefficient (Wildman–Crippen LogP) is 3.39. The number of ether oxygens (including phenoxy) is 2. The van der Waals surface area contributed by atoms with E-state index in [4.69, 9.17) is 9.47 Å². The molecule has 28 heavy (non-hydrogen) atoms. The summed E-state index contributed by atoms with van der Waals surface area (Å²) in [5.74, 6) is 1.03. The molecule has 2 heterocycles. The summed E-state index contributed by atoms with van der Waals surface area (Å²) in [6, 6.07) is 12.9. The van der Waals surface area contributed by atoms with Gasteiger partial charge in [-0.2, -0.15) is 5.26 Å². The van der Waals surface area contributed by atoms with Crippen molar-refractivity contribution in [3.8, 4) is 23.3 Å². The average Bonchev–Trinajstić information content (AvgIpc) is 2.96. The first-order valence-corrected chi connectivity index (χ1v) is 8.65. The van der Waals surface area contributed by atoms with Gasteiger partial charge >= 0.3 is 0 Å². The molecule has 0 aliphatic heterocycles. The molecule has 1 amide bonds. The van der Waals surface area contributed by atoms with Crippen LogP contribution in [-0.4, -0.2) is 29.2 Å². The van der Waals surface area contributed by atoms with E-state index in [0.29, 0.717) is 22.9 Å². The minimum Gasteiger partial charge on any atom is -0.493 e. The van der Waals surface area contributed by atoms with Crippen LogP contribution in [-0.2, 0) is 4.79 Å². The monoisotopic (exact) mass is 376 g/mol. The van der Waals surface area contributed by atoms with Crippen molar-refractivity contribution >= 4 is 11.7 Å². The van der Waals surface area contributed by atoms with Crippen LogP contribution in [0.3, 0.4) is 0 Å². The van der Waals surface area contributed by atoms with E-state index >= 15 is 0 Å². The van der Waals surface area contributed by atoms with Crippen molar-refractivity contribution < 1.29 is 14.3 Å². The SMILES string of the molecule is COc1ccccc1OCC(=O)Nc1c(C#N)c(C)c(C)n1-c1cccnc1. The Balaban J connectivity index is 1.86. The molecule has 0 bridgehead atoms. The van der Waals surface area contributed by atoms with E-state index in [2.05, 4.69) is 16.4 Å². The maximum atomic E-state index is 12.5. The summed E-state index contributed by atoms with van der Waals surface area (Å²) in [6.45, 7) is 3.52. The molecule has 1 aromatic carbocycles. The molecule has 0 spiro atoms. The molecule has 0 saturated carbocycles. The first-order chi connectivity index (χ1) is 13.6. The van der Waals surface area contributed by atoms with Crippen LogP contribution < -0.4 is 14.8 Å². The third-order valence-electron chi connectivity index (χ3n) is 4.42. The Morgan fingerprint density at radius 1 is 1.21 bits per heavy atom. The second-order valence-electron chi connectivity index (χ2n) is 6.08. The summed E-state index contributed by atoms with van der Waals surface area (Å²) in [4.78, 5) is 16.7. The summed E-state index contributed by atoms with van der Waals surface area (Å²) in [5.41, 5.74) is 2.82. The summed E-state index contributed by atoms with van der Waals surface area (Å²) < 4.78 is 12.6. The van der Waals surface area contributed by atoms with Crippen molar-refractivity contribution in [2.45, 2.75) is 13.8 Å². The van der Waals surface area contributed by atoms with Crippen molar-refractivity contribution in [1.82, 2.24) is 9.55 Å². The van der Waals surface area contributed by atoms with E-state index < -0.39 is 0 Å². The number of carbonyl (C=O) groups excluding carboxylic acids is 1. The molecule has 1 N–H and O–H groups in total. The van der Waals surface area contributed by atoms with Gasteiger partial charge in [0.05, 0.1) is 24.6 Å². The van der Waals surface area contributed by atoms with Gasteiger partial charge in [0.25, 0.3) is 5.91 Å². The number of benzene rings is 1. The van der Waals surface area contributed by atoms with Gasteiger partial charge in [-0.25, -0.2) is 0 Å². The highest BCUT2D eigenvalue weighted by Gasteiger charge is 2.21. The highest BCUT2D eigenvalue weighted by molar-refractivity contribution is 5.93. The molecule has 0 fully saturated rings. The Labute approximate surface area is 163 Å². The number of carbonyl (C=O) groups is 1. The number of hydrogen-bond acceptors (Lipinski definition) is 5. The van der Waals surface area contributed by atoms with Crippen molar-refractivity contribution in [1.29, 1.82) is 5.26 Å². The Morgan fingerprint density at radius 2 is 1.96 bits per heavy atom. The molecular weight excluding hydrogens is 356 g/mol. The van der Waals surface area contributed by atoms with E-state index in [1.54, 1.807) is 36.7 Å². The highest BCUT2D eigenvalue weighted by Crippen LogP contribution is 2.30. The molecule has 7 heteroatoms. The Morgan fingerprint density at radius 3 is 2.61 bits per heavy atom. The Bertz CT molecular complexity index is 1040. The molecule has 0 unspecified atom stereocenters. The predicted molar refractivity (Wildman–Crippen MR) is 105 cm³/mol. The number of aromatic nitrogens is 2. The molecular formula is C21H20N4O3. The van der Waals surface area contributed by atoms with E-state index in [9.17, 15) is 10.1 Å². The topological polar surface area (TPSA) is 89.2 Å². The maximum absolute atomic E-state index is 12.5. The third kappa shape index (κ3) is 3.67. The highest BCUT2D eigenvalue weighted by atomic mass is 16.5. The zero-order valence-corrected chi connectivity index (χ0v) is 15.9. The van der Waals surface area contributed by atoms with Crippen LogP contribution in [0.1, 0.15) is 16.8 Å². The minimum absolute atomic E-state index is 0.221. The van der Waals surface area contributed by atoms with Crippen LogP contribution in [0, 0.1) is 25.2 Å². The second-order valence-corrected chi connectivity index (χ2v) is 6.08. The van der Waals surface area contributed by atoms with Crippen LogP contribution in [0.2, 0.25) is 0 Å². The number of anilines is 1. The molecule has 0 atom stereocenters. The quantitative estimate of drug-likeness (QED) is 0.712. The molecule has 2 aromatic heterocycles. The number of rotatable bonds is 6. The lowest BCUT2D eigenvalue weighted by Gasteiger charge is -2.14. The molecule has 142 valence electrons. The number of para-hydroxylation sites is 2. The largest absolute Gasteiger partial charge is 0.493 e. The zero-order valence-electron chi connectivity index (χ0n) is 15.9. The second kappa shape index (κ2) is 8.27. The number of hydrogen-bond donors (Lipinski definition) is 1. The van der Waals surface area contributed by atoms with Crippen LogP contribution in [0.5, 0.6) is 11.5 Å². The van der Waals surface area contributed by atoms with E-state index in [-0.39, 0.29) is 12.5 Å². The van der Waals surface area contributed by atoms with Gasteiger partial charge in [0.15, 0.2) is 18.1 Å². The van der Waals surface area contributed by atoms with Crippen molar-refractivity contribution in [2.75, 3.05) is 19.0 Å². The summed E-state index contributed by atoms with van der Waals surface area (Å²) in [7, 11) is 1.54. The van der Waals surface area contributed by atoms with Gasteiger partial charge < -0.3 is 14.8 Å². The van der Waals surface area contributed by atoms with E-state index in [1.807, 2.05) is 30.5 Å². The number of nitrogens with one attached hydrogen (secondary N) is 1. The number of methoxy groups -OCH3 is 1.